The summed E-state index contributed by atoms with van der Waals surface area (Å²) in [6.07, 6.45) is 1.30. The molecule has 2 heterocycles. The lowest BCUT2D eigenvalue weighted by atomic mass is 9.96. The number of nitrogens with one attached hydrogen (secondary N) is 3. The van der Waals surface area contributed by atoms with E-state index in [0.29, 0.717) is 25.1 Å². The lowest BCUT2D eigenvalue weighted by Gasteiger charge is -2.34. The number of hydrogen-bond acceptors (Lipinski definition) is 5. The smallest absolute Gasteiger partial charge is 0.252 e. The first-order valence-electron chi connectivity index (χ1n) is 13.5. The van der Waals surface area contributed by atoms with Gasteiger partial charge in [0, 0.05) is 20.0 Å². The van der Waals surface area contributed by atoms with Gasteiger partial charge in [-0.2, -0.15) is 0 Å². The predicted octanol–water partition coefficient (Wildman–Crippen LogP) is 2.33. The Morgan fingerprint density at radius 3 is 2.23 bits per heavy atom. The van der Waals surface area contributed by atoms with Gasteiger partial charge in [0.15, 0.2) is 0 Å². The zero-order chi connectivity index (χ0) is 28.1. The molecule has 0 spiro atoms. The van der Waals surface area contributed by atoms with Crippen molar-refractivity contribution in [3.8, 4) is 0 Å². The molecule has 3 atom stereocenters. The highest BCUT2D eigenvalue weighted by Gasteiger charge is 2.43. The van der Waals surface area contributed by atoms with Gasteiger partial charge in [0.1, 0.15) is 18.6 Å². The highest BCUT2D eigenvalue weighted by atomic mass is 16.2. The summed E-state index contributed by atoms with van der Waals surface area (Å²) < 4.78 is 0. The van der Waals surface area contributed by atoms with E-state index in [-0.39, 0.29) is 24.8 Å². The van der Waals surface area contributed by atoms with Crippen molar-refractivity contribution in [1.82, 2.24) is 16.0 Å². The van der Waals surface area contributed by atoms with Crippen LogP contribution >= 0.6 is 0 Å². The van der Waals surface area contributed by atoms with Crippen molar-refractivity contribution < 1.29 is 19.2 Å². The fraction of sp³-hybridized carbons (Fsp3) is 0.290. The van der Waals surface area contributed by atoms with Gasteiger partial charge in [-0.15, -0.1) is 0 Å². The molecule has 9 heteroatoms. The van der Waals surface area contributed by atoms with Crippen LogP contribution in [0.5, 0.6) is 0 Å². The highest BCUT2D eigenvalue weighted by Crippen LogP contribution is 2.39. The molecule has 3 N–H and O–H groups in total. The molecule has 1 saturated heterocycles. The minimum atomic E-state index is -1.01. The van der Waals surface area contributed by atoms with Crippen LogP contribution in [-0.4, -0.2) is 55.8 Å². The number of carbonyl (C=O) groups is 4. The van der Waals surface area contributed by atoms with E-state index in [0.717, 1.165) is 16.8 Å². The molecule has 206 valence electrons. The lowest BCUT2D eigenvalue weighted by Crippen LogP contribution is -2.57. The SMILES string of the molecule is CN1c2ccccc2N(CC(=O)NCCc2ccccc2)C(=O)[C@H](NC(=O)[C@@H]2CCC(=O)N2)[C@@H]1c1ccccc1. The van der Waals surface area contributed by atoms with Crippen LogP contribution in [0.4, 0.5) is 11.4 Å². The molecular formula is C31H33N5O4. The Morgan fingerprint density at radius 1 is 0.900 bits per heavy atom. The zero-order valence-corrected chi connectivity index (χ0v) is 22.4. The molecule has 9 nitrogen and oxygen atoms in total. The van der Waals surface area contributed by atoms with Gasteiger partial charge >= 0.3 is 0 Å². The topological polar surface area (TPSA) is 111 Å². The van der Waals surface area contributed by atoms with Gasteiger partial charge in [0.2, 0.25) is 17.7 Å². The van der Waals surface area contributed by atoms with Crippen LogP contribution in [0.3, 0.4) is 0 Å². The van der Waals surface area contributed by atoms with E-state index >= 15 is 0 Å². The largest absolute Gasteiger partial charge is 0.363 e. The average Bonchev–Trinajstić information content (AvgIpc) is 3.39. The van der Waals surface area contributed by atoms with E-state index < -0.39 is 29.9 Å². The average molecular weight is 540 g/mol. The molecular weight excluding hydrogens is 506 g/mol. The molecule has 1 fully saturated rings. The summed E-state index contributed by atoms with van der Waals surface area (Å²) in [5.74, 6) is -1.31. The summed E-state index contributed by atoms with van der Waals surface area (Å²) in [5, 5.41) is 8.55. The molecule has 0 unspecified atom stereocenters. The molecule has 0 saturated carbocycles. The number of anilines is 2. The Hall–Kier alpha value is -4.66. The maximum absolute atomic E-state index is 14.3. The van der Waals surface area contributed by atoms with Gasteiger partial charge in [-0.25, -0.2) is 0 Å². The maximum atomic E-state index is 14.3. The number of rotatable bonds is 8. The second-order valence-electron chi connectivity index (χ2n) is 10.1. The van der Waals surface area contributed by atoms with Crippen LogP contribution in [0.1, 0.15) is 30.0 Å². The summed E-state index contributed by atoms with van der Waals surface area (Å²) >= 11 is 0. The van der Waals surface area contributed by atoms with Crippen molar-refractivity contribution >= 4 is 35.0 Å². The molecule has 40 heavy (non-hydrogen) atoms. The van der Waals surface area contributed by atoms with Gasteiger partial charge in [0.05, 0.1) is 17.4 Å². The second kappa shape index (κ2) is 12.0. The molecule has 2 aliphatic heterocycles. The number of hydrogen-bond donors (Lipinski definition) is 3. The molecule has 5 rings (SSSR count). The van der Waals surface area contributed by atoms with Gasteiger partial charge in [-0.1, -0.05) is 72.8 Å². The molecule has 3 aromatic carbocycles. The number of fused-ring (bicyclic) bond motifs is 1. The number of nitrogens with zero attached hydrogens (tertiary/aromatic N) is 2. The maximum Gasteiger partial charge on any atom is 0.252 e. The second-order valence-corrected chi connectivity index (χ2v) is 10.1. The van der Waals surface area contributed by atoms with Crippen molar-refractivity contribution in [3.63, 3.8) is 0 Å². The molecule has 0 radical (unpaired) electrons. The van der Waals surface area contributed by atoms with Crippen LogP contribution in [0, 0.1) is 0 Å². The van der Waals surface area contributed by atoms with Crippen LogP contribution < -0.4 is 25.8 Å². The van der Waals surface area contributed by atoms with Crippen LogP contribution in [0.2, 0.25) is 0 Å². The molecule has 0 aliphatic carbocycles. The summed E-state index contributed by atoms with van der Waals surface area (Å²) in [6.45, 7) is 0.229. The Morgan fingerprint density at radius 2 is 1.55 bits per heavy atom. The van der Waals surface area contributed by atoms with Crippen LogP contribution in [-0.2, 0) is 25.6 Å². The Kier molecular flexibility index (Phi) is 8.10. The molecule has 2 aliphatic rings. The normalized spacial score (nSPS) is 20.4. The standard InChI is InChI=1S/C31H33N5O4/c1-35-24-14-8-9-15-25(24)36(20-27(38)32-19-18-21-10-4-2-5-11-21)31(40)28(29(35)22-12-6-3-7-13-22)34-30(39)23-16-17-26(37)33-23/h2-15,23,28-29H,16-20H2,1H3,(H,32,38)(H,33,37)(H,34,39)/t23-,28+,29-/m0/s1. The summed E-state index contributed by atoms with van der Waals surface area (Å²) in [6, 6.07) is 24.5. The van der Waals surface area contributed by atoms with Crippen molar-refractivity contribution in [1.29, 1.82) is 0 Å². The van der Waals surface area contributed by atoms with E-state index in [4.69, 9.17) is 0 Å². The van der Waals surface area contributed by atoms with Crippen molar-refractivity contribution in [3.05, 3.63) is 96.1 Å². The Labute approximate surface area is 233 Å². The first kappa shape index (κ1) is 26.9. The Balaban J connectivity index is 1.44. The first-order valence-corrected chi connectivity index (χ1v) is 13.5. The highest BCUT2D eigenvalue weighted by molar-refractivity contribution is 6.07. The third-order valence-corrected chi connectivity index (χ3v) is 7.45. The molecule has 0 bridgehead atoms. The predicted molar refractivity (Wildman–Crippen MR) is 153 cm³/mol. The minimum Gasteiger partial charge on any atom is -0.363 e. The van der Waals surface area contributed by atoms with Crippen molar-refractivity contribution in [2.75, 3.05) is 29.9 Å². The van der Waals surface area contributed by atoms with Gasteiger partial charge < -0.3 is 20.9 Å². The van der Waals surface area contributed by atoms with Crippen LogP contribution in [0.25, 0.3) is 0 Å². The summed E-state index contributed by atoms with van der Waals surface area (Å²) in [4.78, 5) is 55.9. The number of benzene rings is 3. The van der Waals surface area contributed by atoms with Crippen LogP contribution in [0.15, 0.2) is 84.9 Å². The van der Waals surface area contributed by atoms with E-state index in [1.54, 1.807) is 0 Å². The quantitative estimate of drug-likeness (QED) is 0.407. The fourth-order valence-electron chi connectivity index (χ4n) is 5.41. The third kappa shape index (κ3) is 5.83. The number of amides is 4. The number of para-hydroxylation sites is 2. The zero-order valence-electron chi connectivity index (χ0n) is 22.4. The van der Waals surface area contributed by atoms with E-state index in [9.17, 15) is 19.2 Å². The third-order valence-electron chi connectivity index (χ3n) is 7.45. The number of likely N-dealkylation sites (N-methyl/N-ethyl adjacent to an activating group) is 1. The van der Waals surface area contributed by atoms with Gasteiger partial charge in [-0.3, -0.25) is 24.1 Å². The molecule has 0 aromatic heterocycles. The fourth-order valence-corrected chi connectivity index (χ4v) is 5.41. The van der Waals surface area contributed by atoms with Gasteiger partial charge in [0.25, 0.3) is 5.91 Å². The van der Waals surface area contributed by atoms with E-state index in [1.165, 1.54) is 4.90 Å². The van der Waals surface area contributed by atoms with E-state index in [2.05, 4.69) is 16.0 Å². The Bertz CT molecular complexity index is 1380. The monoisotopic (exact) mass is 539 g/mol. The molecule has 4 amide bonds. The minimum absolute atomic E-state index is 0.190. The lowest BCUT2D eigenvalue weighted by molar-refractivity contribution is -0.130. The van der Waals surface area contributed by atoms with Gasteiger partial charge in [-0.05, 0) is 36.1 Å². The summed E-state index contributed by atoms with van der Waals surface area (Å²) in [7, 11) is 1.88. The first-order chi connectivity index (χ1) is 19.4. The van der Waals surface area contributed by atoms with E-state index in [1.807, 2.05) is 96.9 Å². The van der Waals surface area contributed by atoms with Crippen molar-refractivity contribution in [2.24, 2.45) is 0 Å². The molecule has 3 aromatic rings. The summed E-state index contributed by atoms with van der Waals surface area (Å²) in [5.41, 5.74) is 3.28. The number of carbonyl (C=O) groups excluding carboxylic acids is 4. The van der Waals surface area contributed by atoms with Crippen molar-refractivity contribution in [2.45, 2.75) is 37.4 Å².